The third-order valence-corrected chi connectivity index (χ3v) is 4.56. The molecule has 0 unspecified atom stereocenters. The van der Waals surface area contributed by atoms with Crippen LogP contribution in [-0.2, 0) is 24.7 Å². The summed E-state index contributed by atoms with van der Waals surface area (Å²) in [7, 11) is 1.89. The zero-order chi connectivity index (χ0) is 18.6. The molecular formula is C22H20N4O. The van der Waals surface area contributed by atoms with Crippen molar-refractivity contribution >= 4 is 16.7 Å². The van der Waals surface area contributed by atoms with E-state index in [-0.39, 0.29) is 12.2 Å². The molecule has 0 amide bonds. The average Bonchev–Trinajstić information content (AvgIpc) is 3.13. The maximum absolute atomic E-state index is 12.3. The number of aromatic nitrogens is 4. The molecule has 27 heavy (non-hydrogen) atoms. The van der Waals surface area contributed by atoms with Crippen molar-refractivity contribution in [3.8, 4) is 11.1 Å². The molecule has 0 atom stereocenters. The molecule has 4 aromatic rings. The molecule has 5 heteroatoms. The number of hydrogen-bond donors (Lipinski definition) is 0. The van der Waals surface area contributed by atoms with E-state index < -0.39 is 0 Å². The lowest BCUT2D eigenvalue weighted by atomic mass is 10.1. The van der Waals surface area contributed by atoms with Crippen LogP contribution in [0.1, 0.15) is 17.8 Å². The summed E-state index contributed by atoms with van der Waals surface area (Å²) < 4.78 is 1.77. The second kappa shape index (κ2) is 7.50. The van der Waals surface area contributed by atoms with E-state index in [1.165, 1.54) is 5.56 Å². The molecule has 0 aliphatic carbocycles. The summed E-state index contributed by atoms with van der Waals surface area (Å²) in [5.41, 5.74) is 4.11. The minimum absolute atomic E-state index is 0.154. The first-order chi connectivity index (χ1) is 13.2. The molecule has 2 aromatic heterocycles. The van der Waals surface area contributed by atoms with Crippen LogP contribution in [-0.4, -0.2) is 25.5 Å². The summed E-state index contributed by atoms with van der Waals surface area (Å²) >= 11 is 0. The quantitative estimate of drug-likeness (QED) is 0.527. The maximum atomic E-state index is 12.3. The lowest BCUT2D eigenvalue weighted by Gasteiger charge is -2.04. The van der Waals surface area contributed by atoms with Crippen LogP contribution in [0.3, 0.4) is 0 Å². The zero-order valence-corrected chi connectivity index (χ0v) is 15.2. The minimum Gasteiger partial charge on any atom is -0.299 e. The Morgan fingerprint density at radius 2 is 1.89 bits per heavy atom. The van der Waals surface area contributed by atoms with Crippen LogP contribution >= 0.6 is 0 Å². The number of benzene rings is 2. The van der Waals surface area contributed by atoms with Crippen molar-refractivity contribution in [1.29, 1.82) is 0 Å². The molecule has 0 spiro atoms. The van der Waals surface area contributed by atoms with E-state index in [0.717, 1.165) is 28.5 Å². The Balaban J connectivity index is 1.49. The van der Waals surface area contributed by atoms with E-state index in [1.807, 2.05) is 68.0 Å². The second-order valence-corrected chi connectivity index (χ2v) is 6.66. The Labute approximate surface area is 157 Å². The highest BCUT2D eigenvalue weighted by molar-refractivity contribution is 5.84. The Morgan fingerprint density at radius 1 is 1.04 bits per heavy atom. The van der Waals surface area contributed by atoms with Crippen LogP contribution in [0.25, 0.3) is 22.0 Å². The van der Waals surface area contributed by atoms with Gasteiger partial charge in [0.1, 0.15) is 11.6 Å². The van der Waals surface area contributed by atoms with Gasteiger partial charge in [0.25, 0.3) is 0 Å². The topological polar surface area (TPSA) is 60.7 Å². The highest BCUT2D eigenvalue weighted by atomic mass is 16.1. The SMILES string of the molecule is Cn1cc(-c2ccc3cnc(CC(=O)CCc4ccccc4)nc3c2)cn1. The van der Waals surface area contributed by atoms with Crippen LogP contribution in [0.5, 0.6) is 0 Å². The van der Waals surface area contributed by atoms with E-state index in [2.05, 4.69) is 15.1 Å². The Hall–Kier alpha value is -3.34. The summed E-state index contributed by atoms with van der Waals surface area (Å²) in [5.74, 6) is 0.727. The van der Waals surface area contributed by atoms with Crippen molar-refractivity contribution in [2.75, 3.05) is 0 Å². The normalized spacial score (nSPS) is 11.0. The maximum Gasteiger partial charge on any atom is 0.140 e. The number of rotatable bonds is 6. The molecule has 0 N–H and O–H groups in total. The van der Waals surface area contributed by atoms with E-state index >= 15 is 0 Å². The lowest BCUT2D eigenvalue weighted by Crippen LogP contribution is -2.07. The van der Waals surface area contributed by atoms with Gasteiger partial charge < -0.3 is 0 Å². The molecule has 134 valence electrons. The fourth-order valence-corrected chi connectivity index (χ4v) is 3.09. The highest BCUT2D eigenvalue weighted by Gasteiger charge is 2.09. The molecule has 0 saturated carbocycles. The van der Waals surface area contributed by atoms with Gasteiger partial charge >= 0.3 is 0 Å². The monoisotopic (exact) mass is 356 g/mol. The zero-order valence-electron chi connectivity index (χ0n) is 15.2. The van der Waals surface area contributed by atoms with E-state index in [0.29, 0.717) is 12.2 Å². The standard InChI is InChI=1S/C22H20N4O/c1-26-15-19(14-24-26)17-8-9-18-13-23-22(25-21(18)11-17)12-20(27)10-7-16-5-3-2-4-6-16/h2-6,8-9,11,13-15H,7,10,12H2,1H3. The first kappa shape index (κ1) is 17.1. The average molecular weight is 356 g/mol. The second-order valence-electron chi connectivity index (χ2n) is 6.66. The van der Waals surface area contributed by atoms with E-state index in [4.69, 9.17) is 0 Å². The molecule has 0 bridgehead atoms. The number of ketones is 1. The summed E-state index contributed by atoms with van der Waals surface area (Å²) in [5, 5.41) is 5.18. The van der Waals surface area contributed by atoms with Gasteiger partial charge in [-0.3, -0.25) is 9.48 Å². The van der Waals surface area contributed by atoms with Crippen LogP contribution in [0.2, 0.25) is 0 Å². The third kappa shape index (κ3) is 4.08. The van der Waals surface area contributed by atoms with Crippen LogP contribution in [0.15, 0.2) is 67.1 Å². The molecule has 0 radical (unpaired) electrons. The van der Waals surface area contributed by atoms with Gasteiger partial charge in [-0.05, 0) is 23.6 Å². The fourth-order valence-electron chi connectivity index (χ4n) is 3.09. The van der Waals surface area contributed by atoms with Crippen LogP contribution in [0, 0.1) is 0 Å². The van der Waals surface area contributed by atoms with Crippen molar-refractivity contribution in [3.63, 3.8) is 0 Å². The summed E-state index contributed by atoms with van der Waals surface area (Å²) in [6.45, 7) is 0. The summed E-state index contributed by atoms with van der Waals surface area (Å²) in [6, 6.07) is 16.1. The first-order valence-corrected chi connectivity index (χ1v) is 8.98. The number of nitrogens with zero attached hydrogens (tertiary/aromatic N) is 4. The van der Waals surface area contributed by atoms with Crippen molar-refractivity contribution in [2.24, 2.45) is 7.05 Å². The van der Waals surface area contributed by atoms with Gasteiger partial charge in [-0.1, -0.05) is 42.5 Å². The molecule has 0 aliphatic heterocycles. The number of aryl methyl sites for hydroxylation is 2. The van der Waals surface area contributed by atoms with Crippen molar-refractivity contribution in [2.45, 2.75) is 19.3 Å². The molecule has 4 rings (SSSR count). The molecule has 2 aromatic carbocycles. The van der Waals surface area contributed by atoms with Gasteiger partial charge in [-0.25, -0.2) is 9.97 Å². The number of carbonyl (C=O) groups is 1. The fraction of sp³-hybridized carbons (Fsp3) is 0.182. The van der Waals surface area contributed by atoms with Gasteiger partial charge in [0.05, 0.1) is 18.1 Å². The van der Waals surface area contributed by atoms with Crippen molar-refractivity contribution < 1.29 is 4.79 Å². The highest BCUT2D eigenvalue weighted by Crippen LogP contribution is 2.22. The van der Waals surface area contributed by atoms with Crippen molar-refractivity contribution in [1.82, 2.24) is 19.7 Å². The van der Waals surface area contributed by atoms with Gasteiger partial charge in [0.15, 0.2) is 0 Å². The predicted octanol–water partition coefficient (Wildman–Crippen LogP) is 3.77. The number of Topliss-reactive ketones (excluding diaryl/α,β-unsaturated/α-hetero) is 1. The van der Waals surface area contributed by atoms with E-state index in [1.54, 1.807) is 10.9 Å². The molecule has 0 aliphatic rings. The van der Waals surface area contributed by atoms with Crippen LogP contribution < -0.4 is 0 Å². The molecule has 0 saturated heterocycles. The Morgan fingerprint density at radius 3 is 2.67 bits per heavy atom. The largest absolute Gasteiger partial charge is 0.299 e. The molecule has 5 nitrogen and oxygen atoms in total. The van der Waals surface area contributed by atoms with Crippen molar-refractivity contribution in [3.05, 3.63) is 78.5 Å². The van der Waals surface area contributed by atoms with Gasteiger partial charge in [0.2, 0.25) is 0 Å². The Bertz CT molecular complexity index is 1090. The van der Waals surface area contributed by atoms with Gasteiger partial charge in [0, 0.05) is 36.8 Å². The third-order valence-electron chi connectivity index (χ3n) is 4.56. The lowest BCUT2D eigenvalue weighted by molar-refractivity contribution is -0.118. The summed E-state index contributed by atoms with van der Waals surface area (Å²) in [6.07, 6.45) is 7.10. The number of hydrogen-bond acceptors (Lipinski definition) is 4. The van der Waals surface area contributed by atoms with Gasteiger partial charge in [-0.2, -0.15) is 5.10 Å². The molecule has 0 fully saturated rings. The molecular weight excluding hydrogens is 336 g/mol. The molecule has 2 heterocycles. The predicted molar refractivity (Wildman–Crippen MR) is 105 cm³/mol. The van der Waals surface area contributed by atoms with E-state index in [9.17, 15) is 4.79 Å². The minimum atomic E-state index is 0.154. The number of fused-ring (bicyclic) bond motifs is 1. The Kier molecular flexibility index (Phi) is 4.75. The van der Waals surface area contributed by atoms with Gasteiger partial charge in [-0.15, -0.1) is 0 Å². The first-order valence-electron chi connectivity index (χ1n) is 8.98. The smallest absolute Gasteiger partial charge is 0.140 e. The van der Waals surface area contributed by atoms with Crippen LogP contribution in [0.4, 0.5) is 0 Å². The summed E-state index contributed by atoms with van der Waals surface area (Å²) in [4.78, 5) is 21.3. The number of carbonyl (C=O) groups excluding carboxylic acids is 1.